The van der Waals surface area contributed by atoms with E-state index in [0.717, 1.165) is 5.69 Å². The summed E-state index contributed by atoms with van der Waals surface area (Å²) >= 11 is 0. The highest BCUT2D eigenvalue weighted by Gasteiger charge is 2.35. The van der Waals surface area contributed by atoms with E-state index in [0.29, 0.717) is 5.82 Å². The Kier molecular flexibility index (Phi) is 2.06. The number of H-pyrrole nitrogens is 1. The minimum absolute atomic E-state index is 0.0178. The molecule has 0 amide bonds. The van der Waals surface area contributed by atoms with Crippen molar-refractivity contribution in [2.75, 3.05) is 0 Å². The number of nitrogens with one attached hydrogen (secondary N) is 1. The quantitative estimate of drug-likeness (QED) is 0.765. The van der Waals surface area contributed by atoms with E-state index in [1.54, 1.807) is 6.20 Å². The van der Waals surface area contributed by atoms with Crippen LogP contribution in [0.5, 0.6) is 0 Å². The van der Waals surface area contributed by atoms with Crippen molar-refractivity contribution in [2.45, 2.75) is 38.0 Å². The molecule has 4 heteroatoms. The summed E-state index contributed by atoms with van der Waals surface area (Å²) < 4.78 is 0. The van der Waals surface area contributed by atoms with Gasteiger partial charge in [-0.1, -0.05) is 13.3 Å². The molecule has 1 aromatic heterocycles. The fourth-order valence-corrected chi connectivity index (χ4v) is 1.88. The number of aromatic amines is 1. The normalized spacial score (nSPS) is 18.9. The number of carbonyl (C=O) groups is 1. The largest absolute Gasteiger partial charge is 0.481 e. The molecule has 4 nitrogen and oxygen atoms in total. The van der Waals surface area contributed by atoms with Crippen LogP contribution in [0.3, 0.4) is 0 Å². The Labute approximate surface area is 82.4 Å². The number of imidazole rings is 1. The van der Waals surface area contributed by atoms with E-state index in [1.165, 1.54) is 19.3 Å². The maximum Gasteiger partial charge on any atom is 0.311 e. The first-order valence-electron chi connectivity index (χ1n) is 4.86. The number of carboxylic acid groups (broad SMARTS) is 1. The van der Waals surface area contributed by atoms with Crippen molar-refractivity contribution < 1.29 is 9.90 Å². The Morgan fingerprint density at radius 2 is 2.43 bits per heavy atom. The molecule has 2 rings (SSSR count). The van der Waals surface area contributed by atoms with E-state index in [2.05, 4.69) is 16.9 Å². The van der Waals surface area contributed by atoms with Gasteiger partial charge in [-0.2, -0.15) is 0 Å². The number of aliphatic carboxylic acids is 1. The summed E-state index contributed by atoms with van der Waals surface area (Å²) in [5.74, 6) is -0.287. The summed E-state index contributed by atoms with van der Waals surface area (Å²) in [6.07, 6.45) is 5.35. The third kappa shape index (κ3) is 1.52. The molecule has 0 radical (unpaired) electrons. The number of hydrogen-bond donors (Lipinski definition) is 2. The van der Waals surface area contributed by atoms with Gasteiger partial charge in [-0.15, -0.1) is 0 Å². The van der Waals surface area contributed by atoms with Crippen molar-refractivity contribution in [3.05, 3.63) is 17.7 Å². The SMILES string of the molecule is CC1(c2cnc(CC(=O)O)[nH]2)CCC1. The lowest BCUT2D eigenvalue weighted by Crippen LogP contribution is -2.30. The Morgan fingerprint density at radius 3 is 2.93 bits per heavy atom. The number of carboxylic acids is 1. The first-order valence-corrected chi connectivity index (χ1v) is 4.86. The van der Waals surface area contributed by atoms with Gasteiger partial charge >= 0.3 is 5.97 Å². The van der Waals surface area contributed by atoms with Crippen molar-refractivity contribution in [3.63, 3.8) is 0 Å². The fourth-order valence-electron chi connectivity index (χ4n) is 1.88. The van der Waals surface area contributed by atoms with Crippen LogP contribution in [0, 0.1) is 0 Å². The van der Waals surface area contributed by atoms with E-state index >= 15 is 0 Å². The number of aromatic nitrogens is 2. The lowest BCUT2D eigenvalue weighted by Gasteiger charge is -2.37. The first-order chi connectivity index (χ1) is 6.60. The van der Waals surface area contributed by atoms with Crippen LogP contribution in [-0.2, 0) is 16.6 Å². The van der Waals surface area contributed by atoms with Gasteiger partial charge in [0.1, 0.15) is 12.2 Å². The van der Waals surface area contributed by atoms with E-state index in [1.807, 2.05) is 0 Å². The summed E-state index contributed by atoms with van der Waals surface area (Å²) in [6, 6.07) is 0. The highest BCUT2D eigenvalue weighted by Crippen LogP contribution is 2.42. The monoisotopic (exact) mass is 194 g/mol. The zero-order valence-corrected chi connectivity index (χ0v) is 8.21. The highest BCUT2D eigenvalue weighted by atomic mass is 16.4. The van der Waals surface area contributed by atoms with Gasteiger partial charge in [-0.3, -0.25) is 4.79 Å². The molecule has 0 bridgehead atoms. The molecule has 1 aliphatic carbocycles. The van der Waals surface area contributed by atoms with Gasteiger partial charge in [0.15, 0.2) is 0 Å². The van der Waals surface area contributed by atoms with E-state index < -0.39 is 5.97 Å². The standard InChI is InChI=1S/C10H14N2O2/c1-10(3-2-4-10)7-6-11-8(12-7)5-9(13)14/h6H,2-5H2,1H3,(H,11,12)(H,13,14). The zero-order valence-electron chi connectivity index (χ0n) is 8.21. The molecule has 76 valence electrons. The molecule has 0 aromatic carbocycles. The molecule has 0 unspecified atom stereocenters. The third-order valence-corrected chi connectivity index (χ3v) is 3.05. The van der Waals surface area contributed by atoms with Crippen LogP contribution < -0.4 is 0 Å². The molecule has 0 saturated heterocycles. The Hall–Kier alpha value is -1.32. The van der Waals surface area contributed by atoms with Crippen molar-refractivity contribution in [1.82, 2.24) is 9.97 Å². The van der Waals surface area contributed by atoms with Crippen LogP contribution >= 0.6 is 0 Å². The molecule has 0 spiro atoms. The lowest BCUT2D eigenvalue weighted by molar-refractivity contribution is -0.136. The molecule has 0 aliphatic heterocycles. The Bertz CT molecular complexity index is 353. The predicted octanol–water partition coefficient (Wildman–Crippen LogP) is 1.48. The average Bonchev–Trinajstić information content (AvgIpc) is 2.47. The summed E-state index contributed by atoms with van der Waals surface area (Å²) in [4.78, 5) is 17.6. The third-order valence-electron chi connectivity index (χ3n) is 3.05. The van der Waals surface area contributed by atoms with Gasteiger partial charge in [0.05, 0.1) is 0 Å². The smallest absolute Gasteiger partial charge is 0.311 e. The lowest BCUT2D eigenvalue weighted by atomic mass is 9.68. The zero-order chi connectivity index (χ0) is 10.2. The van der Waals surface area contributed by atoms with Gasteiger partial charge in [-0.25, -0.2) is 4.98 Å². The van der Waals surface area contributed by atoms with Gasteiger partial charge in [-0.05, 0) is 12.8 Å². The van der Waals surface area contributed by atoms with Crippen molar-refractivity contribution in [3.8, 4) is 0 Å². The van der Waals surface area contributed by atoms with Gasteiger partial charge in [0, 0.05) is 17.3 Å². The molecule has 1 aliphatic rings. The number of rotatable bonds is 3. The molecular formula is C10H14N2O2. The van der Waals surface area contributed by atoms with Crippen molar-refractivity contribution in [1.29, 1.82) is 0 Å². The summed E-state index contributed by atoms with van der Waals surface area (Å²) in [5.41, 5.74) is 1.30. The predicted molar refractivity (Wildman–Crippen MR) is 51.1 cm³/mol. The van der Waals surface area contributed by atoms with Crippen molar-refractivity contribution >= 4 is 5.97 Å². The van der Waals surface area contributed by atoms with Gasteiger partial charge < -0.3 is 10.1 Å². The number of nitrogens with zero attached hydrogens (tertiary/aromatic N) is 1. The first kappa shape index (κ1) is 9.24. The fraction of sp³-hybridized carbons (Fsp3) is 0.600. The van der Waals surface area contributed by atoms with Crippen LogP contribution in [-0.4, -0.2) is 21.0 Å². The maximum absolute atomic E-state index is 10.5. The van der Waals surface area contributed by atoms with E-state index in [4.69, 9.17) is 5.11 Å². The van der Waals surface area contributed by atoms with E-state index in [9.17, 15) is 4.79 Å². The molecule has 14 heavy (non-hydrogen) atoms. The van der Waals surface area contributed by atoms with Crippen LogP contribution in [0.1, 0.15) is 37.7 Å². The second kappa shape index (κ2) is 3.12. The Balaban J connectivity index is 2.13. The summed E-state index contributed by atoms with van der Waals surface area (Å²) in [5, 5.41) is 8.59. The minimum Gasteiger partial charge on any atom is -0.481 e. The molecule has 0 atom stereocenters. The second-order valence-corrected chi connectivity index (χ2v) is 4.23. The average molecular weight is 194 g/mol. The minimum atomic E-state index is -0.843. The maximum atomic E-state index is 10.5. The Morgan fingerprint density at radius 1 is 1.71 bits per heavy atom. The molecule has 1 saturated carbocycles. The molecular weight excluding hydrogens is 180 g/mol. The summed E-state index contributed by atoms with van der Waals surface area (Å²) in [6.45, 7) is 2.19. The summed E-state index contributed by atoms with van der Waals surface area (Å²) in [7, 11) is 0. The van der Waals surface area contributed by atoms with E-state index in [-0.39, 0.29) is 11.8 Å². The topological polar surface area (TPSA) is 66.0 Å². The van der Waals surface area contributed by atoms with Crippen molar-refractivity contribution in [2.24, 2.45) is 0 Å². The second-order valence-electron chi connectivity index (χ2n) is 4.23. The van der Waals surface area contributed by atoms with Crippen LogP contribution in [0.25, 0.3) is 0 Å². The molecule has 1 fully saturated rings. The van der Waals surface area contributed by atoms with Gasteiger partial charge in [0.2, 0.25) is 0 Å². The molecule has 1 heterocycles. The van der Waals surface area contributed by atoms with Gasteiger partial charge in [0.25, 0.3) is 0 Å². The van der Waals surface area contributed by atoms with Crippen LogP contribution in [0.2, 0.25) is 0 Å². The highest BCUT2D eigenvalue weighted by molar-refractivity contribution is 5.69. The molecule has 2 N–H and O–H groups in total. The van der Waals surface area contributed by atoms with Crippen LogP contribution in [0.15, 0.2) is 6.20 Å². The number of hydrogen-bond acceptors (Lipinski definition) is 2. The molecule has 1 aromatic rings. The van der Waals surface area contributed by atoms with Crippen LogP contribution in [0.4, 0.5) is 0 Å².